The highest BCUT2D eigenvalue weighted by molar-refractivity contribution is 9.10. The summed E-state index contributed by atoms with van der Waals surface area (Å²) < 4.78 is 0.864. The molecule has 0 aliphatic rings. The minimum atomic E-state index is -0.537. The molecule has 6 nitrogen and oxygen atoms in total. The first-order valence-electron chi connectivity index (χ1n) is 4.36. The van der Waals surface area contributed by atoms with Crippen LogP contribution in [-0.4, -0.2) is 29.1 Å². The molecule has 4 N–H and O–H groups in total. The number of anilines is 1. The fourth-order valence-electron chi connectivity index (χ4n) is 0.898. The molecule has 1 aromatic heterocycles. The van der Waals surface area contributed by atoms with Crippen LogP contribution in [-0.2, 0) is 0 Å². The van der Waals surface area contributed by atoms with Gasteiger partial charge in [0.2, 0.25) is 5.95 Å². The van der Waals surface area contributed by atoms with Crippen molar-refractivity contribution in [1.29, 1.82) is 0 Å². The first kappa shape index (κ1) is 11.7. The van der Waals surface area contributed by atoms with Gasteiger partial charge in [0, 0.05) is 19.3 Å². The minimum Gasteiger partial charge on any atom is -0.352 e. The first-order chi connectivity index (χ1) is 7.09. The van der Waals surface area contributed by atoms with Gasteiger partial charge in [-0.05, 0) is 22.9 Å². The highest BCUT2D eigenvalue weighted by atomic mass is 79.9. The Kier molecular flexibility index (Phi) is 4.29. The molecule has 0 aliphatic carbocycles. The lowest BCUT2D eigenvalue weighted by molar-refractivity contribution is 0.249. The normalized spacial score (nSPS) is 9.73. The molecule has 0 spiro atoms. The van der Waals surface area contributed by atoms with Crippen LogP contribution < -0.4 is 16.4 Å². The number of carbonyl (C=O) groups excluding carboxylic acids is 1. The lowest BCUT2D eigenvalue weighted by Gasteiger charge is -2.05. The van der Waals surface area contributed by atoms with E-state index in [1.54, 1.807) is 6.20 Å². The Hall–Kier alpha value is -1.37. The Bertz CT molecular complexity index is 357. The third-order valence-corrected chi connectivity index (χ3v) is 2.41. The molecule has 0 atom stereocenters. The number of aryl methyl sites for hydroxylation is 1. The molecule has 0 saturated heterocycles. The van der Waals surface area contributed by atoms with Crippen molar-refractivity contribution in [2.75, 3.05) is 18.4 Å². The van der Waals surface area contributed by atoms with Crippen molar-refractivity contribution in [2.24, 2.45) is 5.73 Å². The number of primary amides is 1. The Morgan fingerprint density at radius 2 is 2.33 bits per heavy atom. The summed E-state index contributed by atoms with van der Waals surface area (Å²) >= 11 is 3.30. The summed E-state index contributed by atoms with van der Waals surface area (Å²) in [4.78, 5) is 18.6. The van der Waals surface area contributed by atoms with Gasteiger partial charge < -0.3 is 16.4 Å². The number of halogens is 1. The van der Waals surface area contributed by atoms with E-state index in [0.717, 1.165) is 10.2 Å². The molecule has 2 amide bonds. The Balaban J connectivity index is 2.38. The number of nitrogens with one attached hydrogen (secondary N) is 2. The van der Waals surface area contributed by atoms with Crippen LogP contribution >= 0.6 is 15.9 Å². The van der Waals surface area contributed by atoms with Crippen LogP contribution in [0.2, 0.25) is 0 Å². The van der Waals surface area contributed by atoms with E-state index < -0.39 is 6.03 Å². The second-order valence-electron chi connectivity index (χ2n) is 2.84. The number of rotatable bonds is 4. The SMILES string of the molecule is Cc1nc(NCCNC(N)=O)ncc1Br. The second kappa shape index (κ2) is 5.50. The minimum absolute atomic E-state index is 0.438. The van der Waals surface area contributed by atoms with E-state index in [1.165, 1.54) is 0 Å². The largest absolute Gasteiger partial charge is 0.352 e. The summed E-state index contributed by atoms with van der Waals surface area (Å²) in [6.07, 6.45) is 1.67. The molecule has 15 heavy (non-hydrogen) atoms. The van der Waals surface area contributed by atoms with Gasteiger partial charge in [0.1, 0.15) is 0 Å². The predicted octanol–water partition coefficient (Wildman–Crippen LogP) is 0.628. The maximum absolute atomic E-state index is 10.4. The van der Waals surface area contributed by atoms with Gasteiger partial charge in [0.15, 0.2) is 0 Å². The zero-order valence-electron chi connectivity index (χ0n) is 8.25. The van der Waals surface area contributed by atoms with Crippen molar-refractivity contribution in [3.8, 4) is 0 Å². The number of carbonyl (C=O) groups is 1. The molecule has 82 valence electrons. The van der Waals surface area contributed by atoms with E-state index in [2.05, 4.69) is 36.5 Å². The van der Waals surface area contributed by atoms with Gasteiger partial charge >= 0.3 is 6.03 Å². The molecular formula is C8H12BrN5O. The van der Waals surface area contributed by atoms with Crippen LogP contribution in [0, 0.1) is 6.92 Å². The second-order valence-corrected chi connectivity index (χ2v) is 3.70. The molecule has 0 unspecified atom stereocenters. The van der Waals surface area contributed by atoms with Crippen molar-refractivity contribution in [1.82, 2.24) is 15.3 Å². The lowest BCUT2D eigenvalue weighted by atomic mass is 10.4. The number of aromatic nitrogens is 2. The molecule has 7 heteroatoms. The molecule has 0 bridgehead atoms. The van der Waals surface area contributed by atoms with E-state index in [1.807, 2.05) is 6.92 Å². The Morgan fingerprint density at radius 1 is 1.60 bits per heavy atom. The Morgan fingerprint density at radius 3 is 2.93 bits per heavy atom. The van der Waals surface area contributed by atoms with Gasteiger partial charge in [-0.25, -0.2) is 14.8 Å². The van der Waals surface area contributed by atoms with Crippen LogP contribution in [0.15, 0.2) is 10.7 Å². The molecule has 1 heterocycles. The van der Waals surface area contributed by atoms with Crippen LogP contribution in [0.5, 0.6) is 0 Å². The van der Waals surface area contributed by atoms with E-state index in [9.17, 15) is 4.79 Å². The number of urea groups is 1. The highest BCUT2D eigenvalue weighted by Crippen LogP contribution is 2.12. The maximum Gasteiger partial charge on any atom is 0.312 e. The monoisotopic (exact) mass is 273 g/mol. The van der Waals surface area contributed by atoms with Crippen molar-refractivity contribution < 1.29 is 4.79 Å². The molecule has 1 aromatic rings. The standard InChI is InChI=1S/C8H12BrN5O/c1-5-6(9)4-13-8(14-5)12-3-2-11-7(10)15/h4H,2-3H2,1H3,(H3,10,11,15)(H,12,13,14). The number of hydrogen-bond acceptors (Lipinski definition) is 4. The maximum atomic E-state index is 10.4. The molecule has 0 aromatic carbocycles. The predicted molar refractivity (Wildman–Crippen MR) is 60.5 cm³/mol. The van der Waals surface area contributed by atoms with Crippen molar-refractivity contribution >= 4 is 27.9 Å². The van der Waals surface area contributed by atoms with E-state index in [0.29, 0.717) is 19.0 Å². The number of amides is 2. The van der Waals surface area contributed by atoms with Crippen molar-refractivity contribution in [3.05, 3.63) is 16.4 Å². The average molecular weight is 274 g/mol. The van der Waals surface area contributed by atoms with Crippen LogP contribution in [0.25, 0.3) is 0 Å². The van der Waals surface area contributed by atoms with Gasteiger partial charge in [0.25, 0.3) is 0 Å². The average Bonchev–Trinajstić information content (AvgIpc) is 2.18. The van der Waals surface area contributed by atoms with Crippen molar-refractivity contribution in [2.45, 2.75) is 6.92 Å². The van der Waals surface area contributed by atoms with Gasteiger partial charge in [-0.3, -0.25) is 0 Å². The third kappa shape index (κ3) is 4.11. The lowest BCUT2D eigenvalue weighted by Crippen LogP contribution is -2.33. The van der Waals surface area contributed by atoms with Gasteiger partial charge in [-0.2, -0.15) is 0 Å². The Labute approximate surface area is 95.8 Å². The zero-order chi connectivity index (χ0) is 11.3. The van der Waals surface area contributed by atoms with Crippen LogP contribution in [0.3, 0.4) is 0 Å². The molecule has 0 radical (unpaired) electrons. The van der Waals surface area contributed by atoms with Crippen LogP contribution in [0.4, 0.5) is 10.7 Å². The smallest absolute Gasteiger partial charge is 0.312 e. The first-order valence-corrected chi connectivity index (χ1v) is 5.15. The molecule has 1 rings (SSSR count). The fourth-order valence-corrected chi connectivity index (χ4v) is 1.09. The zero-order valence-corrected chi connectivity index (χ0v) is 9.84. The van der Waals surface area contributed by atoms with Crippen molar-refractivity contribution in [3.63, 3.8) is 0 Å². The highest BCUT2D eigenvalue weighted by Gasteiger charge is 1.99. The summed E-state index contributed by atoms with van der Waals surface area (Å²) in [7, 11) is 0. The van der Waals surface area contributed by atoms with E-state index in [-0.39, 0.29) is 0 Å². The topological polar surface area (TPSA) is 92.9 Å². The van der Waals surface area contributed by atoms with Gasteiger partial charge in [0.05, 0.1) is 10.2 Å². The molecular weight excluding hydrogens is 262 g/mol. The summed E-state index contributed by atoms with van der Waals surface area (Å²) in [6.45, 7) is 2.84. The molecule has 0 fully saturated rings. The number of hydrogen-bond donors (Lipinski definition) is 3. The van der Waals surface area contributed by atoms with Gasteiger partial charge in [-0.15, -0.1) is 0 Å². The van der Waals surface area contributed by atoms with Gasteiger partial charge in [-0.1, -0.05) is 0 Å². The summed E-state index contributed by atoms with van der Waals surface area (Å²) in [5.74, 6) is 0.530. The van der Waals surface area contributed by atoms with E-state index >= 15 is 0 Å². The quantitative estimate of drug-likeness (QED) is 0.702. The summed E-state index contributed by atoms with van der Waals surface area (Å²) in [5, 5.41) is 5.41. The molecule has 0 saturated carbocycles. The fraction of sp³-hybridized carbons (Fsp3) is 0.375. The third-order valence-electron chi connectivity index (χ3n) is 1.63. The number of nitrogens with zero attached hydrogens (tertiary/aromatic N) is 2. The number of nitrogens with two attached hydrogens (primary N) is 1. The summed E-state index contributed by atoms with van der Waals surface area (Å²) in [5.41, 5.74) is 5.76. The summed E-state index contributed by atoms with van der Waals surface area (Å²) in [6, 6.07) is -0.537. The molecule has 0 aliphatic heterocycles. The van der Waals surface area contributed by atoms with E-state index in [4.69, 9.17) is 5.73 Å². The van der Waals surface area contributed by atoms with Crippen LogP contribution in [0.1, 0.15) is 5.69 Å².